The molecule has 23 heavy (non-hydrogen) atoms. The van der Waals surface area contributed by atoms with Crippen molar-refractivity contribution in [3.63, 3.8) is 0 Å². The van der Waals surface area contributed by atoms with Crippen LogP contribution in [0.2, 0.25) is 0 Å². The Morgan fingerprint density at radius 2 is 2.13 bits per heavy atom. The molecule has 0 unspecified atom stereocenters. The number of hydrogen-bond acceptors (Lipinski definition) is 3. The molecule has 0 spiro atoms. The van der Waals surface area contributed by atoms with E-state index < -0.39 is 0 Å². The lowest BCUT2D eigenvalue weighted by Gasteiger charge is -2.41. The smallest absolute Gasteiger partial charge is 0.255 e. The summed E-state index contributed by atoms with van der Waals surface area (Å²) in [6.45, 7) is 5.56. The Hall–Kier alpha value is -2.40. The maximum absolute atomic E-state index is 12.4. The minimum absolute atomic E-state index is 0.106. The van der Waals surface area contributed by atoms with Crippen molar-refractivity contribution in [1.82, 2.24) is 9.88 Å². The number of aromatic nitrogens is 1. The largest absolute Gasteiger partial charge is 0.377 e. The zero-order valence-electron chi connectivity index (χ0n) is 13.3. The van der Waals surface area contributed by atoms with Crippen LogP contribution in [0.15, 0.2) is 41.2 Å². The van der Waals surface area contributed by atoms with Crippen molar-refractivity contribution in [3.8, 4) is 0 Å². The Labute approximate surface area is 134 Å². The quantitative estimate of drug-likeness (QED) is 0.865. The molecule has 1 N–H and O–H groups in total. The van der Waals surface area contributed by atoms with Crippen LogP contribution < -0.4 is 5.56 Å². The second kappa shape index (κ2) is 6.01. The minimum atomic E-state index is -0.338. The standard InChI is InChI=1S/C18H20N2O3/c1-18(2)12-23-10-9-20(18)16(21)8-7-14-11-13-5-3-4-6-15(13)19-17(14)22/h3-8,11H,9-10,12H2,1-2H3,(H,19,22)/b8-7+. The Balaban J connectivity index is 1.86. The number of carbonyl (C=O) groups is 1. The highest BCUT2D eigenvalue weighted by Gasteiger charge is 2.32. The number of carbonyl (C=O) groups excluding carboxylic acids is 1. The summed E-state index contributed by atoms with van der Waals surface area (Å²) < 4.78 is 5.42. The fourth-order valence-electron chi connectivity index (χ4n) is 2.81. The molecule has 5 heteroatoms. The number of rotatable bonds is 2. The third-order valence-electron chi connectivity index (χ3n) is 4.10. The molecule has 0 aliphatic carbocycles. The van der Waals surface area contributed by atoms with E-state index in [4.69, 9.17) is 4.74 Å². The van der Waals surface area contributed by atoms with Crippen LogP contribution in [0.25, 0.3) is 17.0 Å². The number of hydrogen-bond donors (Lipinski definition) is 1. The first-order valence-corrected chi connectivity index (χ1v) is 7.67. The Morgan fingerprint density at radius 3 is 2.91 bits per heavy atom. The summed E-state index contributed by atoms with van der Waals surface area (Å²) in [5.41, 5.74) is 0.725. The lowest BCUT2D eigenvalue weighted by atomic mass is 10.0. The molecule has 1 aliphatic heterocycles. The maximum atomic E-state index is 12.4. The zero-order valence-corrected chi connectivity index (χ0v) is 13.3. The molecule has 1 aromatic heterocycles. The first kappa shape index (κ1) is 15.5. The number of benzene rings is 1. The number of nitrogens with zero attached hydrogens (tertiary/aromatic N) is 1. The molecule has 1 amide bonds. The molecule has 1 aliphatic rings. The highest BCUT2D eigenvalue weighted by Crippen LogP contribution is 2.19. The van der Waals surface area contributed by atoms with E-state index >= 15 is 0 Å². The van der Waals surface area contributed by atoms with E-state index in [0.29, 0.717) is 25.3 Å². The first-order chi connectivity index (χ1) is 11.0. The Kier molecular flexibility index (Phi) is 4.05. The number of H-pyrrole nitrogens is 1. The van der Waals surface area contributed by atoms with Crippen LogP contribution in [-0.4, -0.2) is 41.1 Å². The van der Waals surface area contributed by atoms with E-state index in [1.807, 2.05) is 38.1 Å². The van der Waals surface area contributed by atoms with Gasteiger partial charge in [0, 0.05) is 23.7 Å². The molecule has 1 fully saturated rings. The summed E-state index contributed by atoms with van der Waals surface area (Å²) in [7, 11) is 0. The van der Waals surface area contributed by atoms with E-state index in [9.17, 15) is 9.59 Å². The monoisotopic (exact) mass is 312 g/mol. The fraction of sp³-hybridized carbons (Fsp3) is 0.333. The second-order valence-electron chi connectivity index (χ2n) is 6.33. The van der Waals surface area contributed by atoms with E-state index in [2.05, 4.69) is 4.98 Å². The molecule has 3 rings (SSSR count). The predicted octanol–water partition coefficient (Wildman–Crippen LogP) is 2.18. The number of amides is 1. The van der Waals surface area contributed by atoms with Crippen molar-refractivity contribution in [2.75, 3.05) is 19.8 Å². The van der Waals surface area contributed by atoms with Crippen LogP contribution in [0.5, 0.6) is 0 Å². The number of morpholine rings is 1. The van der Waals surface area contributed by atoms with Crippen LogP contribution in [-0.2, 0) is 9.53 Å². The topological polar surface area (TPSA) is 62.4 Å². The molecular weight excluding hydrogens is 292 g/mol. The summed E-state index contributed by atoms with van der Waals surface area (Å²) >= 11 is 0. The Morgan fingerprint density at radius 1 is 1.35 bits per heavy atom. The van der Waals surface area contributed by atoms with Crippen molar-refractivity contribution in [1.29, 1.82) is 0 Å². The molecule has 0 bridgehead atoms. The van der Waals surface area contributed by atoms with Crippen molar-refractivity contribution < 1.29 is 9.53 Å². The zero-order chi connectivity index (χ0) is 16.4. The molecule has 1 aromatic carbocycles. The van der Waals surface area contributed by atoms with Gasteiger partial charge in [-0.25, -0.2) is 0 Å². The summed E-state index contributed by atoms with van der Waals surface area (Å²) in [6.07, 6.45) is 3.05. The third kappa shape index (κ3) is 3.19. The normalized spacial score (nSPS) is 17.7. The van der Waals surface area contributed by atoms with Gasteiger partial charge >= 0.3 is 0 Å². The number of pyridine rings is 1. The van der Waals surface area contributed by atoms with Gasteiger partial charge < -0.3 is 14.6 Å². The fourth-order valence-corrected chi connectivity index (χ4v) is 2.81. The van der Waals surface area contributed by atoms with E-state index in [-0.39, 0.29) is 17.0 Å². The van der Waals surface area contributed by atoms with Gasteiger partial charge in [-0.1, -0.05) is 18.2 Å². The van der Waals surface area contributed by atoms with Gasteiger partial charge in [0.1, 0.15) is 0 Å². The molecule has 0 radical (unpaired) electrons. The summed E-state index contributed by atoms with van der Waals surface area (Å²) in [6, 6.07) is 9.36. The van der Waals surface area contributed by atoms with E-state index in [1.165, 1.54) is 6.08 Å². The molecular formula is C18H20N2O3. The van der Waals surface area contributed by atoms with Crippen LogP contribution in [0.1, 0.15) is 19.4 Å². The van der Waals surface area contributed by atoms with Gasteiger partial charge in [0.2, 0.25) is 5.91 Å². The summed E-state index contributed by atoms with van der Waals surface area (Å²) in [5.74, 6) is -0.106. The van der Waals surface area contributed by atoms with E-state index in [1.54, 1.807) is 17.0 Å². The Bertz CT molecular complexity index is 820. The van der Waals surface area contributed by atoms with Gasteiger partial charge in [-0.05, 0) is 37.4 Å². The number of para-hydroxylation sites is 1. The third-order valence-corrected chi connectivity index (χ3v) is 4.10. The van der Waals surface area contributed by atoms with Gasteiger partial charge in [0.05, 0.1) is 18.8 Å². The van der Waals surface area contributed by atoms with Crippen molar-refractivity contribution in [2.24, 2.45) is 0 Å². The highest BCUT2D eigenvalue weighted by molar-refractivity contribution is 5.93. The van der Waals surface area contributed by atoms with Crippen molar-refractivity contribution >= 4 is 22.9 Å². The average Bonchev–Trinajstić information content (AvgIpc) is 2.52. The molecule has 5 nitrogen and oxygen atoms in total. The second-order valence-corrected chi connectivity index (χ2v) is 6.33. The van der Waals surface area contributed by atoms with Gasteiger partial charge in [0.25, 0.3) is 5.56 Å². The summed E-state index contributed by atoms with van der Waals surface area (Å²) in [5, 5.41) is 0.936. The SMILES string of the molecule is CC1(C)COCCN1C(=O)/C=C/c1cc2ccccc2[nH]c1=O. The molecule has 120 valence electrons. The van der Waals surface area contributed by atoms with Crippen LogP contribution >= 0.6 is 0 Å². The van der Waals surface area contributed by atoms with E-state index in [0.717, 1.165) is 10.9 Å². The van der Waals surface area contributed by atoms with Crippen LogP contribution in [0, 0.1) is 0 Å². The maximum Gasteiger partial charge on any atom is 0.255 e. The number of ether oxygens (including phenoxy) is 1. The van der Waals surface area contributed by atoms with Crippen LogP contribution in [0.3, 0.4) is 0 Å². The summed E-state index contributed by atoms with van der Waals surface area (Å²) in [4.78, 5) is 29.1. The number of fused-ring (bicyclic) bond motifs is 1. The number of aromatic amines is 1. The molecule has 2 aromatic rings. The molecule has 1 saturated heterocycles. The lowest BCUT2D eigenvalue weighted by Crippen LogP contribution is -2.55. The van der Waals surface area contributed by atoms with Gasteiger partial charge in [-0.2, -0.15) is 0 Å². The average molecular weight is 312 g/mol. The molecule has 0 saturated carbocycles. The van der Waals surface area contributed by atoms with Crippen LogP contribution in [0.4, 0.5) is 0 Å². The number of nitrogens with one attached hydrogen (secondary N) is 1. The van der Waals surface area contributed by atoms with Crippen molar-refractivity contribution in [3.05, 3.63) is 52.3 Å². The predicted molar refractivity (Wildman–Crippen MR) is 90.2 cm³/mol. The van der Waals surface area contributed by atoms with Gasteiger partial charge in [-0.15, -0.1) is 0 Å². The molecule has 0 atom stereocenters. The minimum Gasteiger partial charge on any atom is -0.377 e. The lowest BCUT2D eigenvalue weighted by molar-refractivity contribution is -0.140. The molecule has 2 heterocycles. The van der Waals surface area contributed by atoms with Gasteiger partial charge in [0.15, 0.2) is 0 Å². The van der Waals surface area contributed by atoms with Gasteiger partial charge in [-0.3, -0.25) is 9.59 Å². The first-order valence-electron chi connectivity index (χ1n) is 7.67. The highest BCUT2D eigenvalue weighted by atomic mass is 16.5. The van der Waals surface area contributed by atoms with Crippen molar-refractivity contribution in [2.45, 2.75) is 19.4 Å².